The summed E-state index contributed by atoms with van der Waals surface area (Å²) < 4.78 is 109. The van der Waals surface area contributed by atoms with Crippen LogP contribution < -0.4 is 5.32 Å². The number of esters is 1. The average Bonchev–Trinajstić information content (AvgIpc) is 2.93. The molecule has 2 aromatic carbocycles. The zero-order chi connectivity index (χ0) is 31.7. The first-order valence-electron chi connectivity index (χ1n) is 12.4. The standard InChI is InChI=1S/C26H26F6N2O7S/c1-3-42(39,40)18-8-9-19-15(14-18)12-13-34(20(35)10-11-21(36)41-2)22(19)23(37)33-17-6-4-16(5-7-17)24(38,25(27,28)29)26(30,31)32/h4-9,14,22,38H,3,10-13H2,1-2H3,(H,33,37). The SMILES string of the molecule is CCS(=O)(=O)c1ccc2c(c1)CCN(C(=O)CCC(=O)OC)C2C(=O)Nc1ccc(C(O)(C(F)(F)F)C(F)(F)F)cc1. The fourth-order valence-electron chi connectivity index (χ4n) is 4.46. The third-order valence-electron chi connectivity index (χ3n) is 6.81. The largest absolute Gasteiger partial charge is 0.469 e. The summed E-state index contributed by atoms with van der Waals surface area (Å²) in [6, 6.07) is 4.73. The first-order chi connectivity index (χ1) is 19.4. The molecular weight excluding hydrogens is 598 g/mol. The number of carbonyl (C=O) groups excluding carboxylic acids is 3. The highest BCUT2D eigenvalue weighted by Gasteiger charge is 2.71. The number of alkyl halides is 6. The molecule has 1 aliphatic rings. The minimum Gasteiger partial charge on any atom is -0.469 e. The Morgan fingerprint density at radius 3 is 2.12 bits per heavy atom. The van der Waals surface area contributed by atoms with Crippen LogP contribution in [0.25, 0.3) is 0 Å². The zero-order valence-electron chi connectivity index (χ0n) is 22.2. The molecule has 1 unspecified atom stereocenters. The molecule has 0 saturated carbocycles. The third kappa shape index (κ3) is 6.38. The van der Waals surface area contributed by atoms with Gasteiger partial charge in [0.05, 0.1) is 24.2 Å². The number of nitrogens with one attached hydrogen (secondary N) is 1. The molecule has 1 heterocycles. The molecule has 16 heteroatoms. The number of benzene rings is 2. The third-order valence-corrected chi connectivity index (χ3v) is 8.54. The minimum atomic E-state index is -6.10. The molecule has 0 fully saturated rings. The number of amides is 2. The summed E-state index contributed by atoms with van der Waals surface area (Å²) in [6.07, 6.45) is -12.7. The lowest BCUT2D eigenvalue weighted by Crippen LogP contribution is -2.53. The number of rotatable bonds is 8. The van der Waals surface area contributed by atoms with Gasteiger partial charge in [0.25, 0.3) is 11.5 Å². The van der Waals surface area contributed by atoms with Crippen molar-refractivity contribution in [1.29, 1.82) is 0 Å². The van der Waals surface area contributed by atoms with Crippen molar-refractivity contribution in [1.82, 2.24) is 4.90 Å². The summed E-state index contributed by atoms with van der Waals surface area (Å²) in [5.74, 6) is -2.42. The van der Waals surface area contributed by atoms with E-state index >= 15 is 0 Å². The van der Waals surface area contributed by atoms with Crippen molar-refractivity contribution >= 4 is 33.3 Å². The maximum Gasteiger partial charge on any atom is 0.430 e. The van der Waals surface area contributed by atoms with Crippen molar-refractivity contribution in [3.8, 4) is 0 Å². The molecule has 1 atom stereocenters. The Bertz CT molecular complexity index is 1440. The number of ether oxygens (including phenoxy) is 1. The Labute approximate surface area is 236 Å². The van der Waals surface area contributed by atoms with Crippen LogP contribution in [0, 0.1) is 0 Å². The second-order valence-electron chi connectivity index (χ2n) is 9.35. The fraction of sp³-hybridized carbons (Fsp3) is 0.423. The van der Waals surface area contributed by atoms with Gasteiger partial charge in [0.15, 0.2) is 9.84 Å². The Balaban J connectivity index is 1.98. The molecule has 0 bridgehead atoms. The fourth-order valence-corrected chi connectivity index (χ4v) is 5.39. The van der Waals surface area contributed by atoms with E-state index in [1.54, 1.807) is 0 Å². The predicted octanol–water partition coefficient (Wildman–Crippen LogP) is 3.81. The van der Waals surface area contributed by atoms with Gasteiger partial charge >= 0.3 is 18.3 Å². The Morgan fingerprint density at radius 2 is 1.60 bits per heavy atom. The molecular formula is C26H26F6N2O7S. The molecule has 42 heavy (non-hydrogen) atoms. The van der Waals surface area contributed by atoms with Gasteiger partial charge in [0.2, 0.25) is 5.91 Å². The number of methoxy groups -OCH3 is 1. The number of fused-ring (bicyclic) bond motifs is 1. The first kappa shape index (κ1) is 32.8. The second kappa shape index (κ2) is 11.9. The summed E-state index contributed by atoms with van der Waals surface area (Å²) in [5, 5.41) is 11.9. The average molecular weight is 625 g/mol. The van der Waals surface area contributed by atoms with Gasteiger partial charge in [-0.05, 0) is 41.8 Å². The van der Waals surface area contributed by atoms with Crippen LogP contribution in [-0.2, 0) is 41.0 Å². The molecule has 2 aromatic rings. The summed E-state index contributed by atoms with van der Waals surface area (Å²) in [5.41, 5.74) is -6.29. The van der Waals surface area contributed by atoms with Crippen molar-refractivity contribution < 1.29 is 59.0 Å². The maximum atomic E-state index is 13.5. The molecule has 0 spiro atoms. The molecule has 3 rings (SSSR count). The van der Waals surface area contributed by atoms with E-state index in [-0.39, 0.29) is 47.7 Å². The number of sulfone groups is 1. The molecule has 0 saturated heterocycles. The summed E-state index contributed by atoms with van der Waals surface area (Å²) in [6.45, 7) is 1.38. The van der Waals surface area contributed by atoms with E-state index in [1.165, 1.54) is 25.1 Å². The van der Waals surface area contributed by atoms with Gasteiger partial charge in [-0.25, -0.2) is 8.42 Å². The van der Waals surface area contributed by atoms with Crippen molar-refractivity contribution in [2.24, 2.45) is 0 Å². The molecule has 9 nitrogen and oxygen atoms in total. The second-order valence-corrected chi connectivity index (χ2v) is 11.6. The number of anilines is 1. The van der Waals surface area contributed by atoms with Crippen LogP contribution in [0.5, 0.6) is 0 Å². The van der Waals surface area contributed by atoms with Crippen LogP contribution in [0.1, 0.15) is 42.5 Å². The van der Waals surface area contributed by atoms with Gasteiger partial charge in [-0.3, -0.25) is 14.4 Å². The molecule has 1 aliphatic heterocycles. The van der Waals surface area contributed by atoms with Crippen LogP contribution in [0.3, 0.4) is 0 Å². The smallest absolute Gasteiger partial charge is 0.430 e. The Morgan fingerprint density at radius 1 is 1.00 bits per heavy atom. The van der Waals surface area contributed by atoms with Crippen molar-refractivity contribution in [3.05, 3.63) is 59.2 Å². The lowest BCUT2D eigenvalue weighted by molar-refractivity contribution is -0.376. The van der Waals surface area contributed by atoms with Crippen LogP contribution in [0.2, 0.25) is 0 Å². The molecule has 0 aliphatic carbocycles. The van der Waals surface area contributed by atoms with Gasteiger partial charge in [0.1, 0.15) is 6.04 Å². The van der Waals surface area contributed by atoms with Gasteiger partial charge in [-0.15, -0.1) is 0 Å². The number of aliphatic hydroxyl groups is 1. The first-order valence-corrected chi connectivity index (χ1v) is 14.0. The summed E-state index contributed by atoms with van der Waals surface area (Å²) in [7, 11) is -2.50. The number of carbonyl (C=O) groups is 3. The number of nitrogens with zero attached hydrogens (tertiary/aromatic N) is 1. The molecule has 0 radical (unpaired) electrons. The quantitative estimate of drug-likeness (QED) is 0.338. The highest BCUT2D eigenvalue weighted by atomic mass is 32.2. The van der Waals surface area contributed by atoms with Gasteiger partial charge in [-0.2, -0.15) is 26.3 Å². The van der Waals surface area contributed by atoms with Gasteiger partial charge in [0, 0.05) is 24.2 Å². The van der Waals surface area contributed by atoms with Crippen molar-refractivity contribution in [2.45, 2.75) is 55.1 Å². The summed E-state index contributed by atoms with van der Waals surface area (Å²) >= 11 is 0. The number of halogens is 6. The van der Waals surface area contributed by atoms with E-state index in [9.17, 15) is 54.3 Å². The highest BCUT2D eigenvalue weighted by molar-refractivity contribution is 7.91. The monoisotopic (exact) mass is 624 g/mol. The lowest BCUT2D eigenvalue weighted by Gasteiger charge is -2.36. The van der Waals surface area contributed by atoms with E-state index in [4.69, 9.17) is 0 Å². The molecule has 2 N–H and O–H groups in total. The molecule has 2 amide bonds. The van der Waals surface area contributed by atoms with E-state index < -0.39 is 57.2 Å². The lowest BCUT2D eigenvalue weighted by atomic mass is 9.91. The van der Waals surface area contributed by atoms with E-state index in [0.717, 1.165) is 24.1 Å². The summed E-state index contributed by atoms with van der Waals surface area (Å²) in [4.78, 5) is 39.1. The molecule has 230 valence electrons. The van der Waals surface area contributed by atoms with Gasteiger partial charge < -0.3 is 20.1 Å². The molecule has 0 aromatic heterocycles. The van der Waals surface area contributed by atoms with Crippen molar-refractivity contribution in [3.63, 3.8) is 0 Å². The van der Waals surface area contributed by atoms with E-state index in [2.05, 4.69) is 10.1 Å². The topological polar surface area (TPSA) is 130 Å². The zero-order valence-corrected chi connectivity index (χ0v) is 23.0. The van der Waals surface area contributed by atoms with Crippen LogP contribution in [0.15, 0.2) is 47.4 Å². The highest BCUT2D eigenvalue weighted by Crippen LogP contribution is 2.50. The van der Waals surface area contributed by atoms with Crippen LogP contribution >= 0.6 is 0 Å². The minimum absolute atomic E-state index is 0.00854. The predicted molar refractivity (Wildman–Crippen MR) is 135 cm³/mol. The van der Waals surface area contributed by atoms with E-state index in [1.807, 2.05) is 0 Å². The Kier molecular flexibility index (Phi) is 9.32. The van der Waals surface area contributed by atoms with Gasteiger partial charge in [-0.1, -0.05) is 25.1 Å². The van der Waals surface area contributed by atoms with Crippen LogP contribution in [0.4, 0.5) is 32.0 Å². The Hall–Kier alpha value is -3.66. The maximum absolute atomic E-state index is 13.5. The number of hydrogen-bond donors (Lipinski definition) is 2. The van der Waals surface area contributed by atoms with Crippen LogP contribution in [-0.4, -0.2) is 68.0 Å². The normalized spacial score (nSPS) is 16.0. The number of hydrogen-bond acceptors (Lipinski definition) is 7. The van der Waals surface area contributed by atoms with E-state index in [0.29, 0.717) is 17.7 Å². The van der Waals surface area contributed by atoms with Crippen molar-refractivity contribution in [2.75, 3.05) is 24.7 Å².